The van der Waals surface area contributed by atoms with Crippen molar-refractivity contribution in [1.29, 1.82) is 0 Å². The second-order valence-corrected chi connectivity index (χ2v) is 4.99. The molecule has 0 amide bonds. The summed E-state index contributed by atoms with van der Waals surface area (Å²) < 4.78 is 11.0. The number of morpholine rings is 1. The van der Waals surface area contributed by atoms with Crippen LogP contribution in [0.15, 0.2) is 18.2 Å². The topological polar surface area (TPSA) is 47.7 Å². The van der Waals surface area contributed by atoms with Gasteiger partial charge in [0.25, 0.3) is 0 Å². The van der Waals surface area contributed by atoms with Crippen molar-refractivity contribution in [3.05, 3.63) is 29.3 Å². The predicted octanol–water partition coefficient (Wildman–Crippen LogP) is 1.76. The Morgan fingerprint density at radius 2 is 2.32 bits per heavy atom. The maximum atomic E-state index is 5.76. The van der Waals surface area contributed by atoms with Gasteiger partial charge in [-0.25, -0.2) is 0 Å². The van der Waals surface area contributed by atoms with Crippen molar-refractivity contribution < 1.29 is 9.47 Å². The molecule has 1 aromatic rings. The van der Waals surface area contributed by atoms with Gasteiger partial charge in [0.1, 0.15) is 5.75 Å². The lowest BCUT2D eigenvalue weighted by molar-refractivity contribution is -0.0324. The molecule has 1 heterocycles. The molecular weight excluding hydrogens is 240 g/mol. The van der Waals surface area contributed by atoms with Gasteiger partial charge in [0.05, 0.1) is 19.8 Å². The molecule has 1 saturated heterocycles. The van der Waals surface area contributed by atoms with Gasteiger partial charge in [-0.1, -0.05) is 13.0 Å². The van der Waals surface area contributed by atoms with Gasteiger partial charge >= 0.3 is 0 Å². The van der Waals surface area contributed by atoms with E-state index in [0.717, 1.165) is 44.0 Å². The summed E-state index contributed by atoms with van der Waals surface area (Å²) in [6, 6.07) is 6.28. The Balaban J connectivity index is 2.02. The summed E-state index contributed by atoms with van der Waals surface area (Å²) >= 11 is 0. The van der Waals surface area contributed by atoms with Gasteiger partial charge in [-0.05, 0) is 24.1 Å². The summed E-state index contributed by atoms with van der Waals surface area (Å²) in [5.41, 5.74) is 8.12. The number of ether oxygens (including phenoxy) is 2. The first-order valence-electron chi connectivity index (χ1n) is 6.96. The van der Waals surface area contributed by atoms with E-state index in [2.05, 4.69) is 24.0 Å². The highest BCUT2D eigenvalue weighted by atomic mass is 16.5. The Morgan fingerprint density at radius 3 is 3.00 bits per heavy atom. The van der Waals surface area contributed by atoms with Crippen molar-refractivity contribution in [3.8, 4) is 5.75 Å². The van der Waals surface area contributed by atoms with Crippen LogP contribution < -0.4 is 10.5 Å². The van der Waals surface area contributed by atoms with Gasteiger partial charge in [0.15, 0.2) is 0 Å². The molecule has 1 fully saturated rings. The molecule has 4 heteroatoms. The van der Waals surface area contributed by atoms with Gasteiger partial charge < -0.3 is 15.2 Å². The minimum absolute atomic E-state index is 0.376. The van der Waals surface area contributed by atoms with E-state index < -0.39 is 0 Å². The standard InChI is InChI=1S/C15H24N2O2/c1-3-14-11-17(6-7-19-14)10-12-4-5-15(18-2)13(8-12)9-16/h4-5,8,14H,3,6-7,9-11,16H2,1-2H3. The highest BCUT2D eigenvalue weighted by Crippen LogP contribution is 2.21. The van der Waals surface area contributed by atoms with E-state index in [0.29, 0.717) is 12.6 Å². The maximum absolute atomic E-state index is 5.76. The molecule has 0 aliphatic carbocycles. The molecule has 2 rings (SSSR count). The molecule has 106 valence electrons. The Hall–Kier alpha value is -1.10. The third-order valence-corrected chi connectivity index (χ3v) is 3.65. The van der Waals surface area contributed by atoms with Gasteiger partial charge in [-0.15, -0.1) is 0 Å². The molecule has 0 saturated carbocycles. The lowest BCUT2D eigenvalue weighted by Crippen LogP contribution is -2.41. The van der Waals surface area contributed by atoms with E-state index in [4.69, 9.17) is 15.2 Å². The lowest BCUT2D eigenvalue weighted by Gasteiger charge is -2.32. The molecule has 19 heavy (non-hydrogen) atoms. The number of hydrogen-bond donors (Lipinski definition) is 1. The van der Waals surface area contributed by atoms with E-state index in [1.54, 1.807) is 7.11 Å². The van der Waals surface area contributed by atoms with Gasteiger partial charge in [0.2, 0.25) is 0 Å². The molecule has 4 nitrogen and oxygen atoms in total. The van der Waals surface area contributed by atoms with Crippen LogP contribution in [0.1, 0.15) is 24.5 Å². The van der Waals surface area contributed by atoms with Gasteiger partial charge in [-0.3, -0.25) is 4.90 Å². The van der Waals surface area contributed by atoms with Crippen LogP contribution in [0.2, 0.25) is 0 Å². The normalized spacial score (nSPS) is 20.5. The zero-order chi connectivity index (χ0) is 13.7. The first kappa shape index (κ1) is 14.3. The van der Waals surface area contributed by atoms with Gasteiger partial charge in [-0.2, -0.15) is 0 Å². The minimum atomic E-state index is 0.376. The lowest BCUT2D eigenvalue weighted by atomic mass is 10.1. The number of benzene rings is 1. The molecule has 1 aliphatic heterocycles. The number of methoxy groups -OCH3 is 1. The van der Waals surface area contributed by atoms with Crippen LogP contribution in [0.4, 0.5) is 0 Å². The zero-order valence-electron chi connectivity index (χ0n) is 11.9. The predicted molar refractivity (Wildman–Crippen MR) is 76.2 cm³/mol. The molecule has 1 atom stereocenters. The van der Waals surface area contributed by atoms with Crippen LogP contribution in [0.5, 0.6) is 5.75 Å². The van der Waals surface area contributed by atoms with Crippen molar-refractivity contribution >= 4 is 0 Å². The summed E-state index contributed by atoms with van der Waals surface area (Å²) in [5, 5.41) is 0. The molecule has 1 unspecified atom stereocenters. The first-order chi connectivity index (χ1) is 9.26. The fourth-order valence-corrected chi connectivity index (χ4v) is 2.52. The fraction of sp³-hybridized carbons (Fsp3) is 0.600. The molecule has 0 aromatic heterocycles. The molecule has 2 N–H and O–H groups in total. The number of rotatable bonds is 5. The van der Waals surface area contributed by atoms with Gasteiger partial charge in [0, 0.05) is 31.7 Å². The van der Waals surface area contributed by atoms with Crippen LogP contribution >= 0.6 is 0 Å². The fourth-order valence-electron chi connectivity index (χ4n) is 2.52. The molecular formula is C15H24N2O2. The Bertz CT molecular complexity index is 409. The second-order valence-electron chi connectivity index (χ2n) is 4.99. The maximum Gasteiger partial charge on any atom is 0.123 e. The SMILES string of the molecule is CCC1CN(Cc2ccc(OC)c(CN)c2)CCO1. The van der Waals surface area contributed by atoms with Crippen molar-refractivity contribution in [3.63, 3.8) is 0 Å². The Labute approximate surface area is 115 Å². The van der Waals surface area contributed by atoms with E-state index in [-0.39, 0.29) is 0 Å². The van der Waals surface area contributed by atoms with Crippen LogP contribution in [-0.2, 0) is 17.8 Å². The highest BCUT2D eigenvalue weighted by molar-refractivity contribution is 5.37. The number of hydrogen-bond acceptors (Lipinski definition) is 4. The molecule has 0 bridgehead atoms. The summed E-state index contributed by atoms with van der Waals surface area (Å²) in [7, 11) is 1.68. The zero-order valence-corrected chi connectivity index (χ0v) is 11.9. The second kappa shape index (κ2) is 6.89. The monoisotopic (exact) mass is 264 g/mol. The van der Waals surface area contributed by atoms with Crippen molar-refractivity contribution in [2.45, 2.75) is 32.5 Å². The van der Waals surface area contributed by atoms with E-state index >= 15 is 0 Å². The minimum Gasteiger partial charge on any atom is -0.496 e. The van der Waals surface area contributed by atoms with E-state index in [1.165, 1.54) is 5.56 Å². The number of nitrogens with two attached hydrogens (primary N) is 1. The van der Waals surface area contributed by atoms with Crippen LogP contribution in [0.25, 0.3) is 0 Å². The van der Waals surface area contributed by atoms with Crippen LogP contribution in [-0.4, -0.2) is 37.8 Å². The third-order valence-electron chi connectivity index (χ3n) is 3.65. The third kappa shape index (κ3) is 3.69. The quantitative estimate of drug-likeness (QED) is 0.880. The van der Waals surface area contributed by atoms with Crippen molar-refractivity contribution in [2.75, 3.05) is 26.8 Å². The van der Waals surface area contributed by atoms with Crippen molar-refractivity contribution in [2.24, 2.45) is 5.73 Å². The highest BCUT2D eigenvalue weighted by Gasteiger charge is 2.19. The molecule has 1 aromatic carbocycles. The summed E-state index contributed by atoms with van der Waals surface area (Å²) in [6.45, 7) is 6.49. The largest absolute Gasteiger partial charge is 0.496 e. The average Bonchev–Trinajstić information content (AvgIpc) is 2.47. The van der Waals surface area contributed by atoms with Crippen LogP contribution in [0.3, 0.4) is 0 Å². The van der Waals surface area contributed by atoms with Crippen molar-refractivity contribution in [1.82, 2.24) is 4.90 Å². The number of nitrogens with zero attached hydrogens (tertiary/aromatic N) is 1. The molecule has 0 spiro atoms. The molecule has 1 aliphatic rings. The smallest absolute Gasteiger partial charge is 0.123 e. The molecule has 0 radical (unpaired) electrons. The summed E-state index contributed by atoms with van der Waals surface area (Å²) in [5.74, 6) is 0.875. The Kier molecular flexibility index (Phi) is 5.19. The van der Waals surface area contributed by atoms with E-state index in [9.17, 15) is 0 Å². The van der Waals surface area contributed by atoms with Crippen LogP contribution in [0, 0.1) is 0 Å². The Morgan fingerprint density at radius 1 is 1.47 bits per heavy atom. The summed E-state index contributed by atoms with van der Waals surface area (Å²) in [4.78, 5) is 2.44. The summed E-state index contributed by atoms with van der Waals surface area (Å²) in [6.07, 6.45) is 1.45. The average molecular weight is 264 g/mol. The van der Waals surface area contributed by atoms with E-state index in [1.807, 2.05) is 6.07 Å². The first-order valence-corrected chi connectivity index (χ1v) is 6.96.